The van der Waals surface area contributed by atoms with Gasteiger partial charge in [0.1, 0.15) is 12.4 Å². The maximum atomic E-state index is 13.0. The summed E-state index contributed by atoms with van der Waals surface area (Å²) in [5.74, 6) is 0.115. The SMILES string of the molecule is Cc1c([C@@H]2CN3CCN(C(=O)Cc4ccc(-n5cnnn5)cc4)C[C@H]3CO2)ccc(Cl)c1C#N. The molecule has 2 saturated heterocycles. The highest BCUT2D eigenvalue weighted by Gasteiger charge is 2.36. The summed E-state index contributed by atoms with van der Waals surface area (Å²) >= 11 is 6.17. The van der Waals surface area contributed by atoms with E-state index in [1.807, 2.05) is 42.2 Å². The number of nitrogens with zero attached hydrogens (tertiary/aromatic N) is 7. The molecule has 2 fully saturated rings. The third kappa shape index (κ3) is 4.40. The molecule has 0 saturated carbocycles. The first kappa shape index (κ1) is 22.5. The van der Waals surface area contributed by atoms with Gasteiger partial charge in [0, 0.05) is 26.2 Å². The number of carbonyl (C=O) groups excluding carboxylic acids is 1. The van der Waals surface area contributed by atoms with Crippen LogP contribution < -0.4 is 0 Å². The highest BCUT2D eigenvalue weighted by atomic mass is 35.5. The number of halogens is 1. The largest absolute Gasteiger partial charge is 0.370 e. The minimum absolute atomic E-state index is 0.110. The highest BCUT2D eigenvalue weighted by molar-refractivity contribution is 6.31. The number of piperazine rings is 1. The Morgan fingerprint density at radius 1 is 1.21 bits per heavy atom. The second-order valence-corrected chi connectivity index (χ2v) is 9.06. The summed E-state index contributed by atoms with van der Waals surface area (Å²) < 4.78 is 7.78. The molecule has 9 nitrogen and oxygen atoms in total. The van der Waals surface area contributed by atoms with Crippen molar-refractivity contribution in [2.45, 2.75) is 25.5 Å². The van der Waals surface area contributed by atoms with Crippen molar-refractivity contribution in [3.8, 4) is 11.8 Å². The summed E-state index contributed by atoms with van der Waals surface area (Å²) in [6, 6.07) is 13.8. The number of benzene rings is 2. The molecule has 2 aliphatic rings. The predicted octanol–water partition coefficient (Wildman–Crippen LogP) is 2.32. The van der Waals surface area contributed by atoms with Crippen molar-refractivity contribution in [1.82, 2.24) is 30.0 Å². The molecule has 2 aliphatic heterocycles. The molecule has 0 N–H and O–H groups in total. The van der Waals surface area contributed by atoms with Crippen LogP contribution in [-0.4, -0.2) is 74.7 Å². The molecule has 2 atom stereocenters. The third-order valence-corrected chi connectivity index (χ3v) is 6.98. The summed E-state index contributed by atoms with van der Waals surface area (Å²) in [5.41, 5.74) is 4.19. The predicted molar refractivity (Wildman–Crippen MR) is 124 cm³/mol. The fraction of sp³-hybridized carbons (Fsp3) is 0.375. The summed E-state index contributed by atoms with van der Waals surface area (Å²) in [5, 5.41) is 21.0. The maximum absolute atomic E-state index is 13.0. The number of amides is 1. The number of tetrazole rings is 1. The molecular weight excluding hydrogens is 454 g/mol. The number of hydrogen-bond donors (Lipinski definition) is 0. The van der Waals surface area contributed by atoms with Gasteiger partial charge in [-0.05, 0) is 52.2 Å². The molecule has 0 radical (unpaired) electrons. The summed E-state index contributed by atoms with van der Waals surface area (Å²) in [7, 11) is 0. The van der Waals surface area contributed by atoms with E-state index in [-0.39, 0.29) is 18.1 Å². The van der Waals surface area contributed by atoms with E-state index >= 15 is 0 Å². The number of aromatic nitrogens is 4. The highest BCUT2D eigenvalue weighted by Crippen LogP contribution is 2.32. The number of nitriles is 1. The molecule has 34 heavy (non-hydrogen) atoms. The average molecular weight is 478 g/mol. The zero-order valence-electron chi connectivity index (χ0n) is 18.8. The number of rotatable bonds is 4. The minimum atomic E-state index is -0.110. The van der Waals surface area contributed by atoms with Gasteiger partial charge < -0.3 is 9.64 Å². The van der Waals surface area contributed by atoms with Crippen LogP contribution in [0, 0.1) is 18.3 Å². The van der Waals surface area contributed by atoms with Gasteiger partial charge in [0.05, 0.1) is 41.4 Å². The average Bonchev–Trinajstić information content (AvgIpc) is 3.39. The van der Waals surface area contributed by atoms with Crippen LogP contribution in [0.4, 0.5) is 0 Å². The fourth-order valence-corrected chi connectivity index (χ4v) is 4.96. The van der Waals surface area contributed by atoms with E-state index < -0.39 is 0 Å². The van der Waals surface area contributed by atoms with Gasteiger partial charge in [-0.1, -0.05) is 29.8 Å². The van der Waals surface area contributed by atoms with Crippen LogP contribution in [0.1, 0.15) is 28.4 Å². The van der Waals surface area contributed by atoms with Crippen molar-refractivity contribution in [3.63, 3.8) is 0 Å². The lowest BCUT2D eigenvalue weighted by molar-refractivity contribution is -0.139. The lowest BCUT2D eigenvalue weighted by Crippen LogP contribution is -2.59. The number of hydrogen-bond acceptors (Lipinski definition) is 7. The summed E-state index contributed by atoms with van der Waals surface area (Å²) in [6.07, 6.45) is 1.78. The molecule has 0 unspecified atom stereocenters. The van der Waals surface area contributed by atoms with E-state index in [1.165, 1.54) is 6.33 Å². The van der Waals surface area contributed by atoms with Crippen molar-refractivity contribution in [2.24, 2.45) is 0 Å². The van der Waals surface area contributed by atoms with Gasteiger partial charge in [0.15, 0.2) is 0 Å². The molecule has 0 bridgehead atoms. The van der Waals surface area contributed by atoms with E-state index in [0.717, 1.165) is 35.5 Å². The normalized spacial score (nSPS) is 20.6. The smallest absolute Gasteiger partial charge is 0.227 e. The Morgan fingerprint density at radius 2 is 2.03 bits per heavy atom. The van der Waals surface area contributed by atoms with Gasteiger partial charge in [0.2, 0.25) is 5.91 Å². The molecule has 2 aromatic carbocycles. The number of ether oxygens (including phenoxy) is 1. The van der Waals surface area contributed by atoms with Crippen LogP contribution in [0.3, 0.4) is 0 Å². The Balaban J connectivity index is 1.19. The first-order valence-electron chi connectivity index (χ1n) is 11.2. The molecule has 3 aromatic rings. The van der Waals surface area contributed by atoms with Crippen molar-refractivity contribution < 1.29 is 9.53 Å². The van der Waals surface area contributed by atoms with E-state index in [4.69, 9.17) is 16.3 Å². The van der Waals surface area contributed by atoms with Crippen molar-refractivity contribution >= 4 is 17.5 Å². The lowest BCUT2D eigenvalue weighted by Gasteiger charge is -2.46. The van der Waals surface area contributed by atoms with Gasteiger partial charge in [-0.25, -0.2) is 4.68 Å². The molecule has 1 aromatic heterocycles. The lowest BCUT2D eigenvalue weighted by atomic mass is 9.96. The van der Waals surface area contributed by atoms with Gasteiger partial charge >= 0.3 is 0 Å². The van der Waals surface area contributed by atoms with Gasteiger partial charge in [-0.2, -0.15) is 5.26 Å². The fourth-order valence-electron chi connectivity index (χ4n) is 4.71. The van der Waals surface area contributed by atoms with E-state index in [1.54, 1.807) is 10.7 Å². The van der Waals surface area contributed by atoms with Crippen molar-refractivity contribution in [3.05, 3.63) is 70.0 Å². The maximum Gasteiger partial charge on any atom is 0.227 e. The molecule has 174 valence electrons. The van der Waals surface area contributed by atoms with E-state index in [2.05, 4.69) is 26.5 Å². The van der Waals surface area contributed by atoms with Crippen LogP contribution >= 0.6 is 11.6 Å². The van der Waals surface area contributed by atoms with Crippen LogP contribution in [-0.2, 0) is 16.0 Å². The molecule has 1 amide bonds. The zero-order valence-corrected chi connectivity index (χ0v) is 19.5. The quantitative estimate of drug-likeness (QED) is 0.568. The second-order valence-electron chi connectivity index (χ2n) is 8.66. The first-order chi connectivity index (χ1) is 16.5. The van der Waals surface area contributed by atoms with Crippen molar-refractivity contribution in [1.29, 1.82) is 5.26 Å². The molecule has 0 aliphatic carbocycles. The summed E-state index contributed by atoms with van der Waals surface area (Å²) in [4.78, 5) is 17.3. The van der Waals surface area contributed by atoms with Gasteiger partial charge in [-0.15, -0.1) is 5.10 Å². The monoisotopic (exact) mass is 477 g/mol. The molecule has 0 spiro atoms. The third-order valence-electron chi connectivity index (χ3n) is 6.67. The first-order valence-corrected chi connectivity index (χ1v) is 11.6. The topological polar surface area (TPSA) is 100 Å². The molecular formula is C24H24ClN7O2. The van der Waals surface area contributed by atoms with Gasteiger partial charge in [-0.3, -0.25) is 9.69 Å². The van der Waals surface area contributed by atoms with Crippen LogP contribution in [0.25, 0.3) is 5.69 Å². The van der Waals surface area contributed by atoms with E-state index in [9.17, 15) is 10.1 Å². The Hall–Kier alpha value is -3.32. The van der Waals surface area contributed by atoms with Crippen LogP contribution in [0.2, 0.25) is 5.02 Å². The standard InChI is InChI=1S/C24H24ClN7O2/c1-16-20(6-7-22(25)21(16)11-26)23-13-30-8-9-31(12-19(30)14-34-23)24(33)10-17-2-4-18(5-3-17)32-15-27-28-29-32/h2-7,15,19,23H,8-10,12-14H2,1H3/t19-,23-/m0/s1. The van der Waals surface area contributed by atoms with E-state index in [0.29, 0.717) is 36.7 Å². The molecule has 10 heteroatoms. The minimum Gasteiger partial charge on any atom is -0.370 e. The molecule has 5 rings (SSSR count). The Bertz CT molecular complexity index is 1220. The number of morpholine rings is 1. The summed E-state index contributed by atoms with van der Waals surface area (Å²) in [6.45, 7) is 5.33. The Labute approximate surface area is 202 Å². The van der Waals surface area contributed by atoms with Crippen LogP contribution in [0.15, 0.2) is 42.7 Å². The Kier molecular flexibility index (Phi) is 6.28. The number of carbonyl (C=O) groups is 1. The zero-order chi connectivity index (χ0) is 23.7. The molecule has 3 heterocycles. The van der Waals surface area contributed by atoms with Crippen molar-refractivity contribution in [2.75, 3.05) is 32.8 Å². The second kappa shape index (κ2) is 9.50. The van der Waals surface area contributed by atoms with Gasteiger partial charge in [0.25, 0.3) is 0 Å². The number of fused-ring (bicyclic) bond motifs is 1. The van der Waals surface area contributed by atoms with Crippen LogP contribution in [0.5, 0.6) is 0 Å². The Morgan fingerprint density at radius 3 is 2.76 bits per heavy atom.